The quantitative estimate of drug-likeness (QED) is 0.656. The van der Waals surface area contributed by atoms with Crippen LogP contribution in [0.4, 0.5) is 0 Å². The highest BCUT2D eigenvalue weighted by molar-refractivity contribution is 6.21. The van der Waals surface area contributed by atoms with Crippen molar-refractivity contribution in [1.29, 1.82) is 0 Å². The van der Waals surface area contributed by atoms with E-state index in [1.54, 1.807) is 53.4 Å². The van der Waals surface area contributed by atoms with Gasteiger partial charge in [-0.15, -0.1) is 0 Å². The molecule has 0 bridgehead atoms. The van der Waals surface area contributed by atoms with Crippen molar-refractivity contribution in [3.8, 4) is 5.75 Å². The standard InChI is InChI=1S/C25H27N3O5/c1-2-33-19-9-7-17(8-10-19)23(30)27-14-11-18(12-15-27)26-22(29)13-16-28-24(31)20-5-3-4-6-21(20)25(28)32/h3-10,18H,2,11-16H2,1H3,(H,26,29). The number of fused-ring (bicyclic) bond motifs is 1. The molecule has 2 aliphatic rings. The molecule has 0 aliphatic carbocycles. The van der Waals surface area contributed by atoms with Crippen molar-refractivity contribution in [1.82, 2.24) is 15.1 Å². The molecule has 2 aromatic rings. The zero-order chi connectivity index (χ0) is 23.4. The van der Waals surface area contributed by atoms with Gasteiger partial charge in [-0.3, -0.25) is 24.1 Å². The van der Waals surface area contributed by atoms with Crippen LogP contribution >= 0.6 is 0 Å². The summed E-state index contributed by atoms with van der Waals surface area (Å²) in [6, 6.07) is 13.7. The fourth-order valence-electron chi connectivity index (χ4n) is 4.23. The normalized spacial score (nSPS) is 16.0. The van der Waals surface area contributed by atoms with E-state index in [9.17, 15) is 19.2 Å². The second kappa shape index (κ2) is 9.85. The van der Waals surface area contributed by atoms with Crippen molar-refractivity contribution in [2.24, 2.45) is 0 Å². The third-order valence-corrected chi connectivity index (χ3v) is 6.00. The summed E-state index contributed by atoms with van der Waals surface area (Å²) in [5.74, 6) is -0.220. The van der Waals surface area contributed by atoms with Crippen LogP contribution < -0.4 is 10.1 Å². The van der Waals surface area contributed by atoms with Crippen LogP contribution in [0, 0.1) is 0 Å². The fraction of sp³-hybridized carbons (Fsp3) is 0.360. The average Bonchev–Trinajstić information content (AvgIpc) is 3.08. The maximum absolute atomic E-state index is 12.7. The predicted octanol–water partition coefficient (Wildman–Crippen LogP) is 2.49. The van der Waals surface area contributed by atoms with Crippen molar-refractivity contribution in [3.63, 3.8) is 0 Å². The summed E-state index contributed by atoms with van der Waals surface area (Å²) in [6.07, 6.45) is 1.36. The molecule has 0 spiro atoms. The molecule has 8 heteroatoms. The van der Waals surface area contributed by atoms with Crippen LogP contribution in [0.5, 0.6) is 5.75 Å². The third kappa shape index (κ3) is 4.89. The smallest absolute Gasteiger partial charge is 0.261 e. The summed E-state index contributed by atoms with van der Waals surface area (Å²) in [7, 11) is 0. The first-order valence-electron chi connectivity index (χ1n) is 11.2. The Kier molecular flexibility index (Phi) is 6.72. The van der Waals surface area contributed by atoms with Crippen LogP contribution in [-0.2, 0) is 4.79 Å². The van der Waals surface area contributed by atoms with Gasteiger partial charge in [0.2, 0.25) is 5.91 Å². The number of hydrogen-bond acceptors (Lipinski definition) is 5. The van der Waals surface area contributed by atoms with Crippen LogP contribution in [-0.4, -0.2) is 65.7 Å². The first kappa shape index (κ1) is 22.5. The fourth-order valence-corrected chi connectivity index (χ4v) is 4.23. The lowest BCUT2D eigenvalue weighted by atomic mass is 10.0. The van der Waals surface area contributed by atoms with Crippen molar-refractivity contribution < 1.29 is 23.9 Å². The van der Waals surface area contributed by atoms with Gasteiger partial charge in [-0.2, -0.15) is 0 Å². The molecule has 33 heavy (non-hydrogen) atoms. The number of carbonyl (C=O) groups excluding carboxylic acids is 4. The summed E-state index contributed by atoms with van der Waals surface area (Å²) < 4.78 is 5.41. The Hall–Kier alpha value is -3.68. The largest absolute Gasteiger partial charge is 0.494 e. The molecule has 2 aromatic carbocycles. The predicted molar refractivity (Wildman–Crippen MR) is 121 cm³/mol. The Balaban J connectivity index is 1.22. The maximum atomic E-state index is 12.7. The SMILES string of the molecule is CCOc1ccc(C(=O)N2CCC(NC(=O)CCN3C(=O)c4ccccc4C3=O)CC2)cc1. The van der Waals surface area contributed by atoms with Gasteiger partial charge < -0.3 is 15.0 Å². The minimum Gasteiger partial charge on any atom is -0.494 e. The zero-order valence-corrected chi connectivity index (χ0v) is 18.6. The number of benzene rings is 2. The molecule has 0 radical (unpaired) electrons. The van der Waals surface area contributed by atoms with Crippen LogP contribution in [0.15, 0.2) is 48.5 Å². The summed E-state index contributed by atoms with van der Waals surface area (Å²) in [6.45, 7) is 3.63. The topological polar surface area (TPSA) is 96.0 Å². The molecule has 0 atom stereocenters. The van der Waals surface area contributed by atoms with Crippen molar-refractivity contribution in [3.05, 3.63) is 65.2 Å². The molecule has 0 unspecified atom stereocenters. The maximum Gasteiger partial charge on any atom is 0.261 e. The van der Waals surface area contributed by atoms with E-state index in [1.807, 2.05) is 6.92 Å². The van der Waals surface area contributed by atoms with Crippen LogP contribution in [0.1, 0.15) is 57.3 Å². The van der Waals surface area contributed by atoms with E-state index in [2.05, 4.69) is 5.32 Å². The van der Waals surface area contributed by atoms with Gasteiger partial charge in [-0.25, -0.2) is 0 Å². The summed E-state index contributed by atoms with van der Waals surface area (Å²) in [4.78, 5) is 52.9. The van der Waals surface area contributed by atoms with Crippen LogP contribution in [0.2, 0.25) is 0 Å². The zero-order valence-electron chi connectivity index (χ0n) is 18.6. The Bertz CT molecular complexity index is 1020. The monoisotopic (exact) mass is 449 g/mol. The van der Waals surface area contributed by atoms with Gasteiger partial charge in [-0.05, 0) is 56.2 Å². The second-order valence-corrected chi connectivity index (χ2v) is 8.15. The molecule has 0 aromatic heterocycles. The number of nitrogens with one attached hydrogen (secondary N) is 1. The third-order valence-electron chi connectivity index (χ3n) is 6.00. The van der Waals surface area contributed by atoms with Gasteiger partial charge in [0.1, 0.15) is 5.75 Å². The van der Waals surface area contributed by atoms with E-state index in [0.717, 1.165) is 10.6 Å². The van der Waals surface area contributed by atoms with Crippen LogP contribution in [0.25, 0.3) is 0 Å². The molecule has 8 nitrogen and oxygen atoms in total. The Morgan fingerprint density at radius 2 is 1.58 bits per heavy atom. The van der Waals surface area contributed by atoms with Gasteiger partial charge in [0.25, 0.3) is 17.7 Å². The van der Waals surface area contributed by atoms with Crippen molar-refractivity contribution in [2.45, 2.75) is 32.2 Å². The van der Waals surface area contributed by atoms with Gasteiger partial charge in [0, 0.05) is 37.7 Å². The minimum absolute atomic E-state index is 0.0338. The average molecular weight is 450 g/mol. The molecule has 2 heterocycles. The number of likely N-dealkylation sites (tertiary alicyclic amines) is 1. The van der Waals surface area contributed by atoms with Gasteiger partial charge in [0.15, 0.2) is 0 Å². The molecular formula is C25H27N3O5. The summed E-state index contributed by atoms with van der Waals surface area (Å²) in [5, 5.41) is 2.97. The highest BCUT2D eigenvalue weighted by atomic mass is 16.5. The minimum atomic E-state index is -0.357. The van der Waals surface area contributed by atoms with Crippen molar-refractivity contribution in [2.75, 3.05) is 26.2 Å². The van der Waals surface area contributed by atoms with E-state index in [0.29, 0.717) is 49.2 Å². The Labute approximate surface area is 192 Å². The lowest BCUT2D eigenvalue weighted by molar-refractivity contribution is -0.122. The molecule has 1 N–H and O–H groups in total. The van der Waals surface area contributed by atoms with Crippen molar-refractivity contribution >= 4 is 23.6 Å². The number of nitrogens with zero attached hydrogens (tertiary/aromatic N) is 2. The van der Waals surface area contributed by atoms with Gasteiger partial charge in [0.05, 0.1) is 17.7 Å². The first-order chi connectivity index (χ1) is 16.0. The van der Waals surface area contributed by atoms with Gasteiger partial charge >= 0.3 is 0 Å². The molecule has 4 amide bonds. The van der Waals surface area contributed by atoms with Crippen LogP contribution in [0.3, 0.4) is 0 Å². The number of imide groups is 1. The van der Waals surface area contributed by atoms with E-state index < -0.39 is 0 Å². The molecule has 4 rings (SSSR count). The molecule has 0 saturated carbocycles. The number of rotatable bonds is 7. The first-order valence-corrected chi connectivity index (χ1v) is 11.2. The number of piperidine rings is 1. The van der Waals surface area contributed by atoms with E-state index in [-0.39, 0.29) is 42.6 Å². The Morgan fingerprint density at radius 3 is 2.15 bits per heavy atom. The number of amides is 4. The van der Waals surface area contributed by atoms with Gasteiger partial charge in [-0.1, -0.05) is 12.1 Å². The molecule has 172 valence electrons. The summed E-state index contributed by atoms with van der Waals surface area (Å²) in [5.41, 5.74) is 1.38. The van der Waals surface area contributed by atoms with E-state index >= 15 is 0 Å². The van der Waals surface area contributed by atoms with E-state index in [4.69, 9.17) is 4.74 Å². The Morgan fingerprint density at radius 1 is 0.970 bits per heavy atom. The highest BCUT2D eigenvalue weighted by Crippen LogP contribution is 2.22. The summed E-state index contributed by atoms with van der Waals surface area (Å²) >= 11 is 0. The second-order valence-electron chi connectivity index (χ2n) is 8.15. The molecular weight excluding hydrogens is 422 g/mol. The number of hydrogen-bond donors (Lipinski definition) is 1. The number of carbonyl (C=O) groups is 4. The van der Waals surface area contributed by atoms with E-state index in [1.165, 1.54) is 0 Å². The lowest BCUT2D eigenvalue weighted by Gasteiger charge is -2.32. The molecule has 1 saturated heterocycles. The highest BCUT2D eigenvalue weighted by Gasteiger charge is 2.35. The number of ether oxygens (including phenoxy) is 1. The molecule has 1 fully saturated rings. The lowest BCUT2D eigenvalue weighted by Crippen LogP contribution is -2.47. The molecule has 2 aliphatic heterocycles.